The van der Waals surface area contributed by atoms with Crippen LogP contribution in [0, 0.1) is 5.92 Å². The number of morpholine rings is 1. The third-order valence-electron chi connectivity index (χ3n) is 5.39. The van der Waals surface area contributed by atoms with Gasteiger partial charge in [-0.15, -0.1) is 11.3 Å². The largest absolute Gasteiger partial charge is 0.383 e. The number of ether oxygens (including phenoxy) is 1. The molecule has 0 unspecified atom stereocenters. The summed E-state index contributed by atoms with van der Waals surface area (Å²) in [5.74, 6) is 0.931. The second-order valence-electron chi connectivity index (χ2n) is 7.29. The maximum absolute atomic E-state index is 11.0. The van der Waals surface area contributed by atoms with Crippen LogP contribution in [0.2, 0.25) is 0 Å². The van der Waals surface area contributed by atoms with Gasteiger partial charge in [0.25, 0.3) is 0 Å². The first kappa shape index (κ1) is 16.0. The summed E-state index contributed by atoms with van der Waals surface area (Å²) in [6.07, 6.45) is 4.44. The van der Waals surface area contributed by atoms with E-state index >= 15 is 0 Å². The first-order valence-corrected chi connectivity index (χ1v) is 9.79. The van der Waals surface area contributed by atoms with Crippen LogP contribution >= 0.6 is 11.3 Å². The first-order chi connectivity index (χ1) is 11.2. The van der Waals surface area contributed by atoms with E-state index in [-0.39, 0.29) is 0 Å². The van der Waals surface area contributed by atoms with E-state index < -0.39 is 5.60 Å². The molecule has 0 spiro atoms. The summed E-state index contributed by atoms with van der Waals surface area (Å²) < 4.78 is 5.39. The molecular weight excluding hydrogens is 310 g/mol. The van der Waals surface area contributed by atoms with Gasteiger partial charge in [0.05, 0.1) is 25.5 Å². The zero-order valence-corrected chi connectivity index (χ0v) is 14.6. The normalized spacial score (nSPS) is 26.5. The second kappa shape index (κ2) is 6.76. The number of aromatic nitrogens is 1. The molecule has 1 aromatic heterocycles. The molecule has 1 aromatic rings. The smallest absolute Gasteiger partial charge is 0.110 e. The van der Waals surface area contributed by atoms with Crippen LogP contribution in [-0.4, -0.2) is 65.8 Å². The highest BCUT2D eigenvalue weighted by atomic mass is 32.1. The molecule has 2 aliphatic heterocycles. The molecule has 3 heterocycles. The molecule has 0 amide bonds. The van der Waals surface area contributed by atoms with E-state index in [1.807, 2.05) is 0 Å². The summed E-state index contributed by atoms with van der Waals surface area (Å²) in [6.45, 7) is 7.72. The summed E-state index contributed by atoms with van der Waals surface area (Å²) >= 11 is 1.69. The molecule has 0 radical (unpaired) electrons. The molecule has 3 aliphatic rings. The number of hydrogen-bond donors (Lipinski definition) is 1. The van der Waals surface area contributed by atoms with Gasteiger partial charge in [0, 0.05) is 38.1 Å². The maximum Gasteiger partial charge on any atom is 0.110 e. The molecule has 3 fully saturated rings. The lowest BCUT2D eigenvalue weighted by Gasteiger charge is -2.37. The van der Waals surface area contributed by atoms with Crippen LogP contribution in [0.4, 0.5) is 0 Å². The number of piperidine rings is 1. The molecule has 6 heteroatoms. The molecule has 0 atom stereocenters. The van der Waals surface area contributed by atoms with Crippen molar-refractivity contribution in [3.05, 3.63) is 16.1 Å². The van der Waals surface area contributed by atoms with Gasteiger partial charge in [0.2, 0.25) is 0 Å². The van der Waals surface area contributed by atoms with Crippen LogP contribution in [0.5, 0.6) is 0 Å². The van der Waals surface area contributed by atoms with Gasteiger partial charge in [-0.05, 0) is 31.6 Å². The van der Waals surface area contributed by atoms with Crippen LogP contribution in [0.25, 0.3) is 0 Å². The van der Waals surface area contributed by atoms with Crippen LogP contribution < -0.4 is 0 Å². The van der Waals surface area contributed by atoms with Crippen molar-refractivity contribution in [2.75, 3.05) is 45.9 Å². The summed E-state index contributed by atoms with van der Waals surface area (Å²) in [7, 11) is 0. The number of rotatable bonds is 5. The van der Waals surface area contributed by atoms with Crippen LogP contribution in [0.1, 0.15) is 36.4 Å². The summed E-state index contributed by atoms with van der Waals surface area (Å²) in [6, 6.07) is 0. The Balaban J connectivity index is 1.33. The fourth-order valence-electron chi connectivity index (χ4n) is 3.58. The third kappa shape index (κ3) is 3.94. The summed E-state index contributed by atoms with van der Waals surface area (Å²) in [5, 5.41) is 14.2. The lowest BCUT2D eigenvalue weighted by Crippen LogP contribution is -2.43. The number of likely N-dealkylation sites (tertiary alicyclic amines) is 1. The Labute approximate surface area is 142 Å². The van der Waals surface area contributed by atoms with Gasteiger partial charge in [-0.1, -0.05) is 0 Å². The number of nitrogens with zero attached hydrogens (tertiary/aromatic N) is 3. The Bertz CT molecular complexity index is 518. The molecule has 1 aliphatic carbocycles. The number of aliphatic hydroxyl groups is 1. The van der Waals surface area contributed by atoms with E-state index in [1.54, 1.807) is 11.3 Å². The fourth-order valence-corrected chi connectivity index (χ4v) is 4.50. The number of hydrogen-bond acceptors (Lipinski definition) is 6. The fraction of sp³-hybridized carbons (Fsp3) is 0.824. The minimum Gasteiger partial charge on any atom is -0.383 e. The van der Waals surface area contributed by atoms with Crippen LogP contribution in [-0.2, 0) is 16.9 Å². The third-order valence-corrected chi connectivity index (χ3v) is 6.22. The van der Waals surface area contributed by atoms with Gasteiger partial charge < -0.3 is 14.7 Å². The second-order valence-corrected chi connectivity index (χ2v) is 8.23. The van der Waals surface area contributed by atoms with E-state index in [0.717, 1.165) is 75.4 Å². The van der Waals surface area contributed by atoms with Crippen molar-refractivity contribution in [1.29, 1.82) is 0 Å². The van der Waals surface area contributed by atoms with Crippen molar-refractivity contribution < 1.29 is 9.84 Å². The van der Waals surface area contributed by atoms with Crippen molar-refractivity contribution >= 4 is 11.3 Å². The highest BCUT2D eigenvalue weighted by Gasteiger charge is 2.37. The Morgan fingerprint density at radius 1 is 1.17 bits per heavy atom. The average Bonchev–Trinajstić information content (AvgIpc) is 3.26. The lowest BCUT2D eigenvalue weighted by molar-refractivity contribution is -0.0298. The van der Waals surface area contributed by atoms with Crippen molar-refractivity contribution in [2.24, 2.45) is 5.92 Å². The minimum absolute atomic E-state index is 0.709. The predicted octanol–water partition coefficient (Wildman–Crippen LogP) is 1.67. The molecule has 0 bridgehead atoms. The predicted molar refractivity (Wildman–Crippen MR) is 90.5 cm³/mol. The highest BCUT2D eigenvalue weighted by Crippen LogP contribution is 2.36. The van der Waals surface area contributed by atoms with Gasteiger partial charge in [-0.2, -0.15) is 0 Å². The van der Waals surface area contributed by atoms with Gasteiger partial charge in [0.15, 0.2) is 0 Å². The summed E-state index contributed by atoms with van der Waals surface area (Å²) in [5.41, 5.74) is 0.191. The molecule has 1 saturated carbocycles. The summed E-state index contributed by atoms with van der Waals surface area (Å²) in [4.78, 5) is 9.67. The van der Waals surface area contributed by atoms with E-state index in [1.165, 1.54) is 19.4 Å². The van der Waals surface area contributed by atoms with E-state index in [4.69, 9.17) is 9.72 Å². The highest BCUT2D eigenvalue weighted by molar-refractivity contribution is 7.09. The first-order valence-electron chi connectivity index (χ1n) is 8.91. The average molecular weight is 337 g/mol. The molecule has 5 nitrogen and oxygen atoms in total. The zero-order chi connectivity index (χ0) is 15.7. The maximum atomic E-state index is 11.0. The van der Waals surface area contributed by atoms with Crippen LogP contribution in [0.3, 0.4) is 0 Å². The molecule has 4 rings (SSSR count). The Kier molecular flexibility index (Phi) is 4.70. The monoisotopic (exact) mass is 337 g/mol. The number of thiazole rings is 1. The molecule has 128 valence electrons. The van der Waals surface area contributed by atoms with Crippen molar-refractivity contribution in [3.8, 4) is 0 Å². The van der Waals surface area contributed by atoms with Crippen molar-refractivity contribution in [2.45, 2.75) is 37.8 Å². The van der Waals surface area contributed by atoms with Crippen molar-refractivity contribution in [3.63, 3.8) is 0 Å². The zero-order valence-electron chi connectivity index (χ0n) is 13.7. The molecule has 0 aromatic carbocycles. The standard InChI is InChI=1S/C17H27N3O2S/c21-17(3-5-19(6-4-17)11-14-1-2-14)15-13-23-16(18-15)12-20-7-9-22-10-8-20/h13-14,21H,1-12H2. The van der Waals surface area contributed by atoms with Gasteiger partial charge >= 0.3 is 0 Å². The molecular formula is C17H27N3O2S. The Morgan fingerprint density at radius 3 is 2.61 bits per heavy atom. The molecule has 1 N–H and O–H groups in total. The Hall–Kier alpha value is -0.530. The van der Waals surface area contributed by atoms with E-state index in [9.17, 15) is 5.11 Å². The Morgan fingerprint density at radius 2 is 1.91 bits per heavy atom. The van der Waals surface area contributed by atoms with Gasteiger partial charge in [-0.3, -0.25) is 4.90 Å². The molecule has 2 saturated heterocycles. The van der Waals surface area contributed by atoms with Gasteiger partial charge in [-0.25, -0.2) is 4.98 Å². The van der Waals surface area contributed by atoms with Gasteiger partial charge in [0.1, 0.15) is 10.6 Å². The van der Waals surface area contributed by atoms with Crippen LogP contribution in [0.15, 0.2) is 5.38 Å². The van der Waals surface area contributed by atoms with Crippen molar-refractivity contribution in [1.82, 2.24) is 14.8 Å². The van der Waals surface area contributed by atoms with E-state index in [2.05, 4.69) is 15.2 Å². The lowest BCUT2D eigenvalue weighted by atomic mass is 9.88. The molecule has 23 heavy (non-hydrogen) atoms. The topological polar surface area (TPSA) is 48.8 Å². The van der Waals surface area contributed by atoms with E-state index in [0.29, 0.717) is 0 Å². The quantitative estimate of drug-likeness (QED) is 0.886. The SMILES string of the molecule is OC1(c2csc(CN3CCOCC3)n2)CCN(CC2CC2)CC1. The minimum atomic E-state index is -0.709.